The molecule has 56 heavy (non-hydrogen) atoms. The third-order valence-corrected chi connectivity index (χ3v) is 11.9. The molecule has 3 amide bonds. The van der Waals surface area contributed by atoms with Gasteiger partial charge in [-0.25, -0.2) is 15.6 Å². The quantitative estimate of drug-likeness (QED) is 0.292. The Kier molecular flexibility index (Phi) is 9.38. The first kappa shape index (κ1) is 37.9. The fourth-order valence-electron chi connectivity index (χ4n) is 8.15. The predicted molar refractivity (Wildman–Crippen MR) is 218 cm³/mol. The van der Waals surface area contributed by atoms with Crippen LogP contribution < -0.4 is 40.8 Å². The van der Waals surface area contributed by atoms with E-state index in [9.17, 15) is 14.4 Å². The molecule has 0 saturated carbocycles. The molecule has 2 fully saturated rings. The number of likely N-dealkylation sites (tertiary alicyclic amines) is 1. The number of benzene rings is 2. The summed E-state index contributed by atoms with van der Waals surface area (Å²) in [7, 11) is 0. The van der Waals surface area contributed by atoms with Gasteiger partial charge in [0.05, 0.1) is 33.7 Å². The van der Waals surface area contributed by atoms with Gasteiger partial charge in [-0.1, -0.05) is 0 Å². The van der Waals surface area contributed by atoms with Gasteiger partial charge in [0.1, 0.15) is 42.4 Å². The number of hydrogen-bond acceptors (Lipinski definition) is 12. The van der Waals surface area contributed by atoms with Gasteiger partial charge < -0.3 is 44.1 Å². The molecule has 0 spiro atoms. The van der Waals surface area contributed by atoms with Crippen LogP contribution in [0.1, 0.15) is 61.3 Å². The van der Waals surface area contributed by atoms with Gasteiger partial charge in [0.15, 0.2) is 11.7 Å². The molecule has 4 atom stereocenters. The lowest BCUT2D eigenvalue weighted by atomic mass is 10.0. The molecule has 3 aromatic rings. The Balaban J connectivity index is 0.000000161. The molecule has 0 radical (unpaired) electrons. The van der Waals surface area contributed by atoms with Gasteiger partial charge in [-0.3, -0.25) is 9.59 Å². The highest BCUT2D eigenvalue weighted by molar-refractivity contribution is 9.10. The largest absolute Gasteiger partial charge is 0.483 e. The van der Waals surface area contributed by atoms with Crippen molar-refractivity contribution in [3.63, 3.8) is 0 Å². The Labute approximate surface area is 334 Å². The van der Waals surface area contributed by atoms with Crippen molar-refractivity contribution in [1.29, 1.82) is 0 Å². The zero-order valence-corrected chi connectivity index (χ0v) is 34.4. The number of ether oxygens (including phenoxy) is 3. The average Bonchev–Trinajstić information content (AvgIpc) is 3.89. The molecule has 0 bridgehead atoms. The monoisotopic (exact) mass is 832 g/mol. The maximum atomic E-state index is 12.5. The van der Waals surface area contributed by atoms with Gasteiger partial charge >= 0.3 is 6.09 Å². The zero-order valence-electron chi connectivity index (χ0n) is 32.8. The van der Waals surface area contributed by atoms with Crippen LogP contribution in [0.25, 0.3) is 10.9 Å². The molecule has 2 saturated heterocycles. The molecule has 1 aromatic heterocycles. The number of hydrogen-bond donors (Lipinski definition) is 4. The predicted octanol–water partition coefficient (Wildman–Crippen LogP) is 4.67. The van der Waals surface area contributed by atoms with Crippen molar-refractivity contribution in [2.75, 3.05) is 54.5 Å². The minimum absolute atomic E-state index is 0.0628. The van der Waals surface area contributed by atoms with E-state index in [4.69, 9.17) is 14.2 Å². The lowest BCUT2D eigenvalue weighted by molar-refractivity contribution is -0.123. The zero-order chi connectivity index (χ0) is 39.7. The number of hydrazone groups is 2. The van der Waals surface area contributed by atoms with Gasteiger partial charge in [0, 0.05) is 35.7 Å². The topological polar surface area (TPSA) is 166 Å². The van der Waals surface area contributed by atoms with Crippen molar-refractivity contribution in [3.8, 4) is 11.5 Å². The molecule has 16 nitrogen and oxygen atoms in total. The highest BCUT2D eigenvalue weighted by Crippen LogP contribution is 2.43. The number of anilines is 3. The fraction of sp³-hybridized carbons (Fsp3) is 0.513. The standard InChI is InChI=1S/C21H28BrN5O4.C18H21N5O2/c1-12-18(28)25-24-17-10-30-16-8-13(22)14(9-15(16)27(12)17)23-21(5)6-7-26(11-21)19(29)31-20(2,3)4;1-11-17(24)21-20-16-9-25-15-7-12-3-6-22(18(2)4-5-19-10-18)13(12)8-14(15)23(11)16/h8-9,12,23H,6-7,10-11H2,1-5H3,(H,25,28);3,6-8,11,19H,4-5,9-10H2,1-2H3,(H,21,24)/t12-,21+;11-,18-/m01/s1. The molecule has 17 heteroatoms. The van der Waals surface area contributed by atoms with Crippen molar-refractivity contribution in [2.24, 2.45) is 10.2 Å². The van der Waals surface area contributed by atoms with E-state index in [1.165, 1.54) is 0 Å². The van der Waals surface area contributed by atoms with E-state index in [1.54, 1.807) is 4.90 Å². The lowest BCUT2D eigenvalue weighted by Crippen LogP contribution is -2.55. The third-order valence-electron chi connectivity index (χ3n) is 11.2. The molecular formula is C39H49BrN10O6. The van der Waals surface area contributed by atoms with E-state index in [1.807, 2.05) is 56.6 Å². The Bertz CT molecular complexity index is 2170. The summed E-state index contributed by atoms with van der Waals surface area (Å²) < 4.78 is 20.5. The Morgan fingerprint density at radius 2 is 1.57 bits per heavy atom. The number of nitrogens with one attached hydrogen (secondary N) is 4. The summed E-state index contributed by atoms with van der Waals surface area (Å²) in [6, 6.07) is 9.51. The van der Waals surface area contributed by atoms with Crippen LogP contribution in [-0.2, 0) is 19.9 Å². The molecule has 0 unspecified atom stereocenters. The minimum atomic E-state index is -0.526. The molecule has 2 aromatic carbocycles. The van der Waals surface area contributed by atoms with Crippen molar-refractivity contribution >= 4 is 73.5 Å². The second-order valence-electron chi connectivity index (χ2n) is 16.8. The van der Waals surface area contributed by atoms with Crippen LogP contribution in [0.4, 0.5) is 21.9 Å². The molecule has 6 aliphatic heterocycles. The van der Waals surface area contributed by atoms with Crippen molar-refractivity contribution < 1.29 is 28.6 Å². The van der Waals surface area contributed by atoms with Crippen LogP contribution in [0.2, 0.25) is 0 Å². The molecule has 9 rings (SSSR count). The summed E-state index contributed by atoms with van der Waals surface area (Å²) in [6.07, 6.45) is 3.73. The lowest BCUT2D eigenvalue weighted by Gasteiger charge is -2.38. The van der Waals surface area contributed by atoms with Gasteiger partial charge in [-0.05, 0) is 114 Å². The molecule has 298 valence electrons. The molecule has 0 aliphatic carbocycles. The minimum Gasteiger partial charge on any atom is -0.483 e. The van der Waals surface area contributed by atoms with E-state index < -0.39 is 11.6 Å². The van der Waals surface area contributed by atoms with E-state index in [0.29, 0.717) is 37.9 Å². The summed E-state index contributed by atoms with van der Waals surface area (Å²) in [5, 5.41) is 16.5. The van der Waals surface area contributed by atoms with E-state index in [0.717, 1.165) is 70.0 Å². The van der Waals surface area contributed by atoms with E-state index in [-0.39, 0.29) is 35.0 Å². The molecule has 4 N–H and O–H groups in total. The molecule has 6 aliphatic rings. The Hall–Kier alpha value is -5.03. The van der Waals surface area contributed by atoms with Crippen LogP contribution >= 0.6 is 15.9 Å². The summed E-state index contributed by atoms with van der Waals surface area (Å²) >= 11 is 3.63. The van der Waals surface area contributed by atoms with Crippen molar-refractivity contribution in [1.82, 2.24) is 25.6 Å². The summed E-state index contributed by atoms with van der Waals surface area (Å²) in [5.41, 5.74) is 8.03. The number of fused-ring (bicyclic) bond motifs is 7. The SMILES string of the molecule is C[C@@H]1C(=O)NN=C2COc3cc4ccn([C@]5(C)CCNC5)c4cc3N21.C[C@H]1C(=O)NN=C2COc3cc(Br)c(N[C@]4(C)CCN(C(=O)OC(C)(C)C)C4)cc3N21. The van der Waals surface area contributed by atoms with Gasteiger partial charge in [0.25, 0.3) is 11.8 Å². The van der Waals surface area contributed by atoms with Crippen LogP contribution in [0.15, 0.2) is 51.2 Å². The number of amidine groups is 2. The molecular weight excluding hydrogens is 784 g/mol. The third kappa shape index (κ3) is 6.88. The number of rotatable bonds is 3. The average molecular weight is 834 g/mol. The summed E-state index contributed by atoms with van der Waals surface area (Å²) in [5.74, 6) is 2.64. The van der Waals surface area contributed by atoms with Crippen LogP contribution in [-0.4, -0.2) is 102 Å². The first-order valence-electron chi connectivity index (χ1n) is 19.1. The fourth-order valence-corrected chi connectivity index (χ4v) is 8.57. The second-order valence-corrected chi connectivity index (χ2v) is 17.7. The smallest absolute Gasteiger partial charge is 0.410 e. The van der Waals surface area contributed by atoms with Crippen LogP contribution in [0.5, 0.6) is 11.5 Å². The Morgan fingerprint density at radius 1 is 0.946 bits per heavy atom. The Morgan fingerprint density at radius 3 is 2.18 bits per heavy atom. The number of aromatic nitrogens is 1. The van der Waals surface area contributed by atoms with Gasteiger partial charge in [-0.2, -0.15) is 10.2 Å². The summed E-state index contributed by atoms with van der Waals surface area (Å²) in [4.78, 5) is 42.3. The van der Waals surface area contributed by atoms with Gasteiger partial charge in [0.2, 0.25) is 0 Å². The summed E-state index contributed by atoms with van der Waals surface area (Å²) in [6.45, 7) is 17.5. The maximum Gasteiger partial charge on any atom is 0.410 e. The van der Waals surface area contributed by atoms with E-state index >= 15 is 0 Å². The van der Waals surface area contributed by atoms with Crippen molar-refractivity contribution in [3.05, 3.63) is 41.0 Å². The number of carbonyl (C=O) groups excluding carboxylic acids is 3. The first-order valence-corrected chi connectivity index (χ1v) is 19.8. The number of nitrogens with zero attached hydrogens (tertiary/aromatic N) is 6. The first-order chi connectivity index (χ1) is 26.5. The highest BCUT2D eigenvalue weighted by Gasteiger charge is 2.41. The van der Waals surface area contributed by atoms with Crippen LogP contribution in [0, 0.1) is 0 Å². The van der Waals surface area contributed by atoms with E-state index in [2.05, 4.69) is 90.4 Å². The number of carbonyl (C=O) groups is 3. The molecule has 7 heterocycles. The number of halogens is 1. The highest BCUT2D eigenvalue weighted by atomic mass is 79.9. The second kappa shape index (κ2) is 13.9. The van der Waals surface area contributed by atoms with Crippen LogP contribution in [0.3, 0.4) is 0 Å². The normalized spacial score (nSPS) is 26.5. The number of amides is 3. The van der Waals surface area contributed by atoms with Gasteiger partial charge in [-0.15, -0.1) is 0 Å². The van der Waals surface area contributed by atoms with Crippen molar-refractivity contribution in [2.45, 2.75) is 90.1 Å². The maximum absolute atomic E-state index is 12.5.